The van der Waals surface area contributed by atoms with E-state index >= 15 is 0 Å². The van der Waals surface area contributed by atoms with Crippen LogP contribution in [-0.4, -0.2) is 38.0 Å². The Morgan fingerprint density at radius 2 is 2.11 bits per heavy atom. The number of ether oxygens (including phenoxy) is 1. The lowest BCUT2D eigenvalue weighted by molar-refractivity contribution is 0.102. The number of fused-ring (bicyclic) bond motifs is 1. The van der Waals surface area contributed by atoms with Crippen molar-refractivity contribution < 1.29 is 13.9 Å². The van der Waals surface area contributed by atoms with Gasteiger partial charge in [-0.25, -0.2) is 14.1 Å². The van der Waals surface area contributed by atoms with Crippen LogP contribution in [0.5, 0.6) is 0 Å². The van der Waals surface area contributed by atoms with Gasteiger partial charge in [0.15, 0.2) is 11.3 Å². The van der Waals surface area contributed by atoms with Crippen LogP contribution in [0.4, 0.5) is 9.52 Å². The highest BCUT2D eigenvalue weighted by Gasteiger charge is 2.20. The third kappa shape index (κ3) is 3.59. The molecule has 0 fully saturated rings. The second kappa shape index (κ2) is 7.79. The molecule has 1 N–H and O–H groups in total. The number of pyridine rings is 1. The first-order chi connectivity index (χ1) is 13.7. The highest BCUT2D eigenvalue weighted by Crippen LogP contribution is 2.21. The monoisotopic (exact) mass is 398 g/mol. The molecule has 0 bridgehead atoms. The first-order valence-corrected chi connectivity index (χ1v) is 9.15. The molecule has 0 aliphatic heterocycles. The molecule has 0 aliphatic carbocycles. The van der Waals surface area contributed by atoms with Crippen LogP contribution >= 0.6 is 11.3 Å². The summed E-state index contributed by atoms with van der Waals surface area (Å²) in [4.78, 5) is 17.0. The molecule has 1 aromatic carbocycles. The Labute approximate surface area is 163 Å². The number of nitrogens with one attached hydrogen (secondary N) is 1. The number of nitrogens with zero attached hydrogens (tertiary/aromatic N) is 5. The molecule has 1 amide bonds. The minimum atomic E-state index is -0.439. The summed E-state index contributed by atoms with van der Waals surface area (Å²) in [7, 11) is 1.56. The summed E-state index contributed by atoms with van der Waals surface area (Å²) in [5.41, 5.74) is 1.13. The zero-order valence-electron chi connectivity index (χ0n) is 14.8. The van der Waals surface area contributed by atoms with Gasteiger partial charge < -0.3 is 4.74 Å². The maximum Gasteiger partial charge on any atom is 0.278 e. The Balaban J connectivity index is 1.65. The van der Waals surface area contributed by atoms with Gasteiger partial charge in [0.05, 0.1) is 11.9 Å². The Hall–Kier alpha value is -3.24. The van der Waals surface area contributed by atoms with E-state index in [1.54, 1.807) is 43.6 Å². The van der Waals surface area contributed by atoms with Crippen LogP contribution in [-0.2, 0) is 17.9 Å². The maximum atomic E-state index is 14.0. The van der Waals surface area contributed by atoms with Crippen molar-refractivity contribution in [2.75, 3.05) is 12.4 Å². The average molecular weight is 398 g/mol. The van der Waals surface area contributed by atoms with E-state index in [4.69, 9.17) is 4.74 Å². The van der Waals surface area contributed by atoms with Crippen LogP contribution in [0.25, 0.3) is 11.0 Å². The van der Waals surface area contributed by atoms with E-state index in [1.807, 2.05) is 0 Å². The predicted molar refractivity (Wildman–Crippen MR) is 102 cm³/mol. The largest absolute Gasteiger partial charge is 0.377 e. The number of aromatic nitrogens is 5. The van der Waals surface area contributed by atoms with Crippen molar-refractivity contribution in [3.8, 4) is 0 Å². The molecule has 10 heteroatoms. The van der Waals surface area contributed by atoms with E-state index in [-0.39, 0.29) is 18.1 Å². The third-order valence-electron chi connectivity index (χ3n) is 3.96. The summed E-state index contributed by atoms with van der Waals surface area (Å²) in [5.74, 6) is -0.780. The highest BCUT2D eigenvalue weighted by molar-refractivity contribution is 7.15. The number of benzene rings is 1. The van der Waals surface area contributed by atoms with Crippen molar-refractivity contribution >= 4 is 33.4 Å². The molecular formula is C18H15FN6O2S. The van der Waals surface area contributed by atoms with Gasteiger partial charge in [-0.3, -0.25) is 10.1 Å². The molecular weight excluding hydrogens is 383 g/mol. The van der Waals surface area contributed by atoms with Gasteiger partial charge >= 0.3 is 0 Å². The third-order valence-corrected chi connectivity index (χ3v) is 4.77. The molecule has 0 spiro atoms. The molecule has 4 aromatic rings. The van der Waals surface area contributed by atoms with Gasteiger partial charge in [0.1, 0.15) is 17.4 Å². The molecule has 142 valence electrons. The molecule has 4 rings (SSSR count). The number of hydrogen-bond donors (Lipinski definition) is 1. The topological polar surface area (TPSA) is 94.8 Å². The molecule has 0 saturated carbocycles. The van der Waals surface area contributed by atoms with Crippen molar-refractivity contribution in [3.63, 3.8) is 0 Å². The Kier molecular flexibility index (Phi) is 5.04. The summed E-state index contributed by atoms with van der Waals surface area (Å²) >= 11 is 1.22. The van der Waals surface area contributed by atoms with E-state index in [9.17, 15) is 9.18 Å². The standard InChI is InChI=1S/C18H15FN6O2S/c1-27-10-14-22-23-18(28-14)21-17(26)15-12-6-4-8-20-16(12)25(24-15)9-11-5-2-3-7-13(11)19/h2-8H,9-10H2,1H3,(H,21,23,26). The molecule has 3 aromatic heterocycles. The summed E-state index contributed by atoms with van der Waals surface area (Å²) in [5, 5.41) is 16.5. The van der Waals surface area contributed by atoms with Crippen LogP contribution in [0, 0.1) is 5.82 Å². The minimum Gasteiger partial charge on any atom is -0.377 e. The second-order valence-electron chi connectivity index (χ2n) is 5.86. The Morgan fingerprint density at radius 1 is 1.25 bits per heavy atom. The summed E-state index contributed by atoms with van der Waals surface area (Å²) in [6.45, 7) is 0.474. The fourth-order valence-electron chi connectivity index (χ4n) is 2.72. The van der Waals surface area contributed by atoms with E-state index in [0.29, 0.717) is 33.3 Å². The molecule has 0 atom stereocenters. The zero-order chi connectivity index (χ0) is 19.5. The van der Waals surface area contributed by atoms with Gasteiger partial charge in [0.2, 0.25) is 5.13 Å². The van der Waals surface area contributed by atoms with E-state index in [2.05, 4.69) is 25.6 Å². The molecule has 0 radical (unpaired) electrons. The number of amides is 1. The van der Waals surface area contributed by atoms with Crippen molar-refractivity contribution in [1.82, 2.24) is 25.0 Å². The quantitative estimate of drug-likeness (QED) is 0.537. The number of anilines is 1. The van der Waals surface area contributed by atoms with Gasteiger partial charge in [0.25, 0.3) is 5.91 Å². The SMILES string of the molecule is COCc1nnc(NC(=O)c2nn(Cc3ccccc3F)c3ncccc23)s1. The second-order valence-corrected chi connectivity index (χ2v) is 6.92. The predicted octanol–water partition coefficient (Wildman–Crippen LogP) is 2.87. The van der Waals surface area contributed by atoms with Crippen molar-refractivity contribution in [1.29, 1.82) is 0 Å². The smallest absolute Gasteiger partial charge is 0.278 e. The van der Waals surface area contributed by atoms with E-state index < -0.39 is 5.91 Å². The van der Waals surface area contributed by atoms with Crippen molar-refractivity contribution in [3.05, 3.63) is 64.7 Å². The Morgan fingerprint density at radius 3 is 2.93 bits per heavy atom. The fourth-order valence-corrected chi connectivity index (χ4v) is 3.42. The van der Waals surface area contributed by atoms with Gasteiger partial charge in [-0.15, -0.1) is 10.2 Å². The van der Waals surface area contributed by atoms with Crippen LogP contribution in [0.15, 0.2) is 42.6 Å². The highest BCUT2D eigenvalue weighted by atomic mass is 32.1. The number of methoxy groups -OCH3 is 1. The molecule has 0 saturated heterocycles. The zero-order valence-corrected chi connectivity index (χ0v) is 15.6. The van der Waals surface area contributed by atoms with Crippen LogP contribution < -0.4 is 5.32 Å². The lowest BCUT2D eigenvalue weighted by Gasteiger charge is -2.04. The number of carbonyl (C=O) groups excluding carboxylic acids is 1. The molecule has 28 heavy (non-hydrogen) atoms. The first-order valence-electron chi connectivity index (χ1n) is 8.33. The van der Waals surface area contributed by atoms with Crippen LogP contribution in [0.3, 0.4) is 0 Å². The summed E-state index contributed by atoms with van der Waals surface area (Å²) in [6.07, 6.45) is 1.60. The number of rotatable bonds is 6. The lowest BCUT2D eigenvalue weighted by atomic mass is 10.2. The summed E-state index contributed by atoms with van der Waals surface area (Å²) < 4.78 is 20.5. The number of carbonyl (C=O) groups is 1. The molecule has 0 aliphatic rings. The first kappa shape index (κ1) is 18.1. The average Bonchev–Trinajstić information content (AvgIpc) is 3.29. The molecule has 0 unspecified atom stereocenters. The van der Waals surface area contributed by atoms with Gasteiger partial charge in [-0.1, -0.05) is 29.5 Å². The van der Waals surface area contributed by atoms with Crippen LogP contribution in [0.1, 0.15) is 21.1 Å². The van der Waals surface area contributed by atoms with Gasteiger partial charge in [0, 0.05) is 18.9 Å². The minimum absolute atomic E-state index is 0.157. The molecule has 8 nitrogen and oxygen atoms in total. The fraction of sp³-hybridized carbons (Fsp3) is 0.167. The Bertz CT molecular complexity index is 1140. The van der Waals surface area contributed by atoms with E-state index in [1.165, 1.54) is 22.1 Å². The van der Waals surface area contributed by atoms with Crippen molar-refractivity contribution in [2.24, 2.45) is 0 Å². The summed E-state index contributed by atoms with van der Waals surface area (Å²) in [6, 6.07) is 9.89. The molecule has 3 heterocycles. The number of halogens is 1. The van der Waals surface area contributed by atoms with E-state index in [0.717, 1.165) is 0 Å². The van der Waals surface area contributed by atoms with Crippen LogP contribution in [0.2, 0.25) is 0 Å². The maximum absolute atomic E-state index is 14.0. The van der Waals surface area contributed by atoms with Gasteiger partial charge in [-0.05, 0) is 18.2 Å². The number of hydrogen-bond acceptors (Lipinski definition) is 7. The normalized spacial score (nSPS) is 11.1. The lowest BCUT2D eigenvalue weighted by Crippen LogP contribution is -2.14. The van der Waals surface area contributed by atoms with Crippen molar-refractivity contribution in [2.45, 2.75) is 13.2 Å². The van der Waals surface area contributed by atoms with Gasteiger partial charge in [-0.2, -0.15) is 5.10 Å².